The molecule has 0 radical (unpaired) electrons. The van der Waals surface area contributed by atoms with Crippen molar-refractivity contribution in [1.82, 2.24) is 15.1 Å². The van der Waals surface area contributed by atoms with E-state index in [1.807, 2.05) is 37.3 Å². The van der Waals surface area contributed by atoms with E-state index in [1.165, 1.54) is 0 Å². The number of carbonyl (C=O) groups excluding carboxylic acids is 3. The van der Waals surface area contributed by atoms with Gasteiger partial charge in [-0.1, -0.05) is 30.3 Å². The number of amides is 3. The number of hydrogen-bond acceptors (Lipinski definition) is 3. The van der Waals surface area contributed by atoms with Gasteiger partial charge in [-0.3, -0.25) is 9.59 Å². The second kappa shape index (κ2) is 6.87. The number of nitrogens with one attached hydrogen (secondary N) is 1. The summed E-state index contributed by atoms with van der Waals surface area (Å²) in [4.78, 5) is 40.9. The molecule has 2 aromatic rings. The Bertz CT molecular complexity index is 930. The number of piperazine rings is 1. The summed E-state index contributed by atoms with van der Waals surface area (Å²) in [5, 5.41) is 2.78. The molecule has 1 aliphatic carbocycles. The van der Waals surface area contributed by atoms with E-state index >= 15 is 0 Å². The number of benzene rings is 2. The number of urea groups is 1. The van der Waals surface area contributed by atoms with Crippen molar-refractivity contribution in [3.8, 4) is 11.1 Å². The Kier molecular flexibility index (Phi) is 4.39. The van der Waals surface area contributed by atoms with E-state index in [1.54, 1.807) is 21.9 Å². The first-order valence-corrected chi connectivity index (χ1v) is 9.20. The molecular weight excluding hydrogens is 342 g/mol. The van der Waals surface area contributed by atoms with Gasteiger partial charge in [0, 0.05) is 49.4 Å². The molecular formula is C21H21N3O3. The van der Waals surface area contributed by atoms with Gasteiger partial charge in [-0.2, -0.15) is 0 Å². The highest BCUT2D eigenvalue weighted by atomic mass is 16.2. The Morgan fingerprint density at radius 1 is 0.889 bits per heavy atom. The molecule has 0 atom stereocenters. The summed E-state index contributed by atoms with van der Waals surface area (Å²) in [7, 11) is 0. The predicted octanol–water partition coefficient (Wildman–Crippen LogP) is 2.39. The van der Waals surface area contributed by atoms with Gasteiger partial charge in [-0.15, -0.1) is 0 Å². The average molecular weight is 363 g/mol. The highest BCUT2D eigenvalue weighted by Gasteiger charge is 2.29. The van der Waals surface area contributed by atoms with Crippen molar-refractivity contribution in [1.29, 1.82) is 0 Å². The molecule has 2 aromatic carbocycles. The first-order valence-electron chi connectivity index (χ1n) is 9.20. The van der Waals surface area contributed by atoms with Crippen LogP contribution in [0.3, 0.4) is 0 Å². The minimum atomic E-state index is -0.0999. The van der Waals surface area contributed by atoms with Crippen LogP contribution in [0, 0.1) is 0 Å². The van der Waals surface area contributed by atoms with Gasteiger partial charge in [0.2, 0.25) is 0 Å². The molecule has 1 aliphatic heterocycles. The third-order valence-electron chi connectivity index (χ3n) is 5.16. The standard InChI is InChI=1S/C21H21N3O3/c1-2-22-21(27)24-11-9-23(10-12-24)20(26)14-7-8-16-15-5-3-4-6-17(15)19(25)18(16)13-14/h3-8,13H,2,9-12H2,1H3,(H,22,27). The van der Waals surface area contributed by atoms with E-state index in [-0.39, 0.29) is 17.7 Å². The monoisotopic (exact) mass is 363 g/mol. The predicted molar refractivity (Wildman–Crippen MR) is 102 cm³/mol. The molecule has 1 heterocycles. The molecule has 1 fully saturated rings. The molecule has 1 saturated heterocycles. The van der Waals surface area contributed by atoms with Crippen molar-refractivity contribution in [3.05, 3.63) is 59.2 Å². The summed E-state index contributed by atoms with van der Waals surface area (Å²) < 4.78 is 0. The van der Waals surface area contributed by atoms with E-state index in [0.717, 1.165) is 11.1 Å². The van der Waals surface area contributed by atoms with Crippen LogP contribution < -0.4 is 5.32 Å². The smallest absolute Gasteiger partial charge is 0.317 e. The lowest BCUT2D eigenvalue weighted by Crippen LogP contribution is -2.53. The van der Waals surface area contributed by atoms with Crippen LogP contribution in [0.15, 0.2) is 42.5 Å². The Morgan fingerprint density at radius 2 is 1.52 bits per heavy atom. The molecule has 0 bridgehead atoms. The molecule has 1 N–H and O–H groups in total. The fourth-order valence-electron chi connectivity index (χ4n) is 3.72. The number of ketones is 1. The summed E-state index contributed by atoms with van der Waals surface area (Å²) in [6, 6.07) is 12.8. The van der Waals surface area contributed by atoms with E-state index in [0.29, 0.717) is 49.4 Å². The Hall–Kier alpha value is -3.15. The topological polar surface area (TPSA) is 69.7 Å². The summed E-state index contributed by atoms with van der Waals surface area (Å²) in [5.74, 6) is -0.131. The van der Waals surface area contributed by atoms with Crippen molar-refractivity contribution in [2.75, 3.05) is 32.7 Å². The summed E-state index contributed by atoms with van der Waals surface area (Å²) in [5.41, 5.74) is 3.59. The highest BCUT2D eigenvalue weighted by molar-refractivity contribution is 6.22. The molecule has 27 heavy (non-hydrogen) atoms. The molecule has 0 unspecified atom stereocenters. The number of carbonyl (C=O) groups is 3. The van der Waals surface area contributed by atoms with Gasteiger partial charge in [-0.25, -0.2) is 4.79 Å². The molecule has 6 heteroatoms. The van der Waals surface area contributed by atoms with Crippen LogP contribution in [0.2, 0.25) is 0 Å². The maximum Gasteiger partial charge on any atom is 0.317 e. The van der Waals surface area contributed by atoms with Crippen LogP contribution in [0.1, 0.15) is 33.2 Å². The molecule has 3 amide bonds. The Morgan fingerprint density at radius 3 is 2.22 bits per heavy atom. The van der Waals surface area contributed by atoms with Gasteiger partial charge in [0.15, 0.2) is 5.78 Å². The Balaban J connectivity index is 1.50. The van der Waals surface area contributed by atoms with Gasteiger partial charge >= 0.3 is 6.03 Å². The fourth-order valence-corrected chi connectivity index (χ4v) is 3.72. The molecule has 0 spiro atoms. The summed E-state index contributed by atoms with van der Waals surface area (Å²) >= 11 is 0. The van der Waals surface area contributed by atoms with Crippen molar-refractivity contribution < 1.29 is 14.4 Å². The minimum Gasteiger partial charge on any atom is -0.338 e. The van der Waals surface area contributed by atoms with Gasteiger partial charge in [0.05, 0.1) is 0 Å². The minimum absolute atomic E-state index is 0.0312. The molecule has 2 aliphatic rings. The highest BCUT2D eigenvalue weighted by Crippen LogP contribution is 2.36. The van der Waals surface area contributed by atoms with Gasteiger partial charge in [0.1, 0.15) is 0 Å². The zero-order valence-electron chi connectivity index (χ0n) is 15.2. The van der Waals surface area contributed by atoms with Crippen molar-refractivity contribution in [2.45, 2.75) is 6.92 Å². The van der Waals surface area contributed by atoms with Crippen molar-refractivity contribution in [3.63, 3.8) is 0 Å². The van der Waals surface area contributed by atoms with E-state index in [9.17, 15) is 14.4 Å². The number of rotatable bonds is 2. The molecule has 6 nitrogen and oxygen atoms in total. The van der Waals surface area contributed by atoms with E-state index in [2.05, 4.69) is 5.32 Å². The number of fused-ring (bicyclic) bond motifs is 3. The van der Waals surface area contributed by atoms with Crippen LogP contribution >= 0.6 is 0 Å². The van der Waals surface area contributed by atoms with Crippen LogP contribution in [0.5, 0.6) is 0 Å². The largest absolute Gasteiger partial charge is 0.338 e. The van der Waals surface area contributed by atoms with Crippen molar-refractivity contribution >= 4 is 17.7 Å². The first-order chi connectivity index (χ1) is 13.1. The van der Waals surface area contributed by atoms with Gasteiger partial charge in [-0.05, 0) is 30.2 Å². The summed E-state index contributed by atoms with van der Waals surface area (Å²) in [6.45, 7) is 4.46. The fraction of sp³-hybridized carbons (Fsp3) is 0.286. The lowest BCUT2D eigenvalue weighted by atomic mass is 10.0. The summed E-state index contributed by atoms with van der Waals surface area (Å²) in [6.07, 6.45) is 0. The molecule has 0 aromatic heterocycles. The van der Waals surface area contributed by atoms with Gasteiger partial charge < -0.3 is 15.1 Å². The Labute approximate surface area is 157 Å². The third-order valence-corrected chi connectivity index (χ3v) is 5.16. The quantitative estimate of drug-likeness (QED) is 0.760. The average Bonchev–Trinajstić information content (AvgIpc) is 3.00. The number of nitrogens with zero attached hydrogens (tertiary/aromatic N) is 2. The second-order valence-corrected chi connectivity index (χ2v) is 6.75. The van der Waals surface area contributed by atoms with E-state index < -0.39 is 0 Å². The van der Waals surface area contributed by atoms with E-state index in [4.69, 9.17) is 0 Å². The normalized spacial score (nSPS) is 15.4. The first kappa shape index (κ1) is 17.3. The third kappa shape index (κ3) is 2.97. The maximum atomic E-state index is 12.9. The second-order valence-electron chi connectivity index (χ2n) is 6.75. The molecule has 138 valence electrons. The van der Waals surface area contributed by atoms with Gasteiger partial charge in [0.25, 0.3) is 5.91 Å². The SMILES string of the molecule is CCNC(=O)N1CCN(C(=O)c2ccc3c(c2)C(=O)c2ccccc2-3)CC1. The zero-order chi connectivity index (χ0) is 19.0. The zero-order valence-corrected chi connectivity index (χ0v) is 15.2. The maximum absolute atomic E-state index is 12.9. The van der Waals surface area contributed by atoms with Crippen LogP contribution in [-0.2, 0) is 0 Å². The lowest BCUT2D eigenvalue weighted by molar-refractivity contribution is 0.0665. The van der Waals surface area contributed by atoms with Crippen LogP contribution in [0.25, 0.3) is 11.1 Å². The van der Waals surface area contributed by atoms with Crippen molar-refractivity contribution in [2.24, 2.45) is 0 Å². The molecule has 0 saturated carbocycles. The number of hydrogen-bond donors (Lipinski definition) is 1. The van der Waals surface area contributed by atoms with Crippen LogP contribution in [-0.4, -0.2) is 60.2 Å². The molecule has 4 rings (SSSR count). The lowest BCUT2D eigenvalue weighted by Gasteiger charge is -2.34. The van der Waals surface area contributed by atoms with Crippen LogP contribution in [0.4, 0.5) is 4.79 Å².